The van der Waals surface area contributed by atoms with E-state index in [0.717, 1.165) is 5.56 Å². The maximum absolute atomic E-state index is 12.7. The van der Waals surface area contributed by atoms with Gasteiger partial charge >= 0.3 is 5.97 Å². The lowest BCUT2D eigenvalue weighted by Gasteiger charge is -2.17. The lowest BCUT2D eigenvalue weighted by molar-refractivity contribution is -0.125. The quantitative estimate of drug-likeness (QED) is 0.604. The fourth-order valence-corrected chi connectivity index (χ4v) is 2.64. The summed E-state index contributed by atoms with van der Waals surface area (Å²) in [5, 5.41) is 2.77. The number of nitrogens with one attached hydrogen (secondary N) is 1. The van der Waals surface area contributed by atoms with E-state index in [1.165, 1.54) is 6.07 Å². The largest absolute Gasteiger partial charge is 0.442 e. The number of hydrogen-bond donors (Lipinski definition) is 1. The van der Waals surface area contributed by atoms with Gasteiger partial charge < -0.3 is 14.5 Å². The smallest absolute Gasteiger partial charge is 0.375 e. The van der Waals surface area contributed by atoms with Gasteiger partial charge in [-0.05, 0) is 47.1 Å². The number of ether oxygens (including phenoxy) is 1. The number of amides is 1. The fourth-order valence-electron chi connectivity index (χ4n) is 2.33. The third-order valence-electron chi connectivity index (χ3n) is 3.66. The number of carbonyl (C=O) groups is 2. The normalized spacial score (nSPS) is 11.6. The Labute approximate surface area is 159 Å². The Kier molecular flexibility index (Phi) is 5.53. The fraction of sp³-hybridized carbons (Fsp3) is 0.100. The van der Waals surface area contributed by atoms with Gasteiger partial charge in [0, 0.05) is 11.3 Å². The van der Waals surface area contributed by atoms with Crippen LogP contribution < -0.4 is 5.32 Å². The molecule has 1 heterocycles. The van der Waals surface area contributed by atoms with E-state index < -0.39 is 18.0 Å². The molecular weight excluding hydrogens is 398 g/mol. The first-order valence-electron chi connectivity index (χ1n) is 7.92. The molecule has 0 fully saturated rings. The van der Waals surface area contributed by atoms with Crippen LogP contribution in [-0.4, -0.2) is 11.9 Å². The van der Waals surface area contributed by atoms with Crippen molar-refractivity contribution in [2.24, 2.45) is 0 Å². The number of aryl methyl sites for hydroxylation is 1. The van der Waals surface area contributed by atoms with Crippen molar-refractivity contribution in [3.05, 3.63) is 88.3 Å². The van der Waals surface area contributed by atoms with Crippen molar-refractivity contribution in [2.45, 2.75) is 13.0 Å². The number of benzene rings is 2. The predicted molar refractivity (Wildman–Crippen MR) is 101 cm³/mol. The van der Waals surface area contributed by atoms with Gasteiger partial charge in [0.05, 0.1) is 0 Å². The molecule has 1 N–H and O–H groups in total. The summed E-state index contributed by atoms with van der Waals surface area (Å²) in [5.41, 5.74) is 2.27. The van der Waals surface area contributed by atoms with Crippen LogP contribution in [0.1, 0.15) is 27.8 Å². The standard InChI is InChI=1S/C20H16BrNO4/c1-13-7-9-15(10-8-13)22-19(23)18(14-5-3-2-4-6-14)26-20(24)16-11-12-17(21)25-16/h2-12,18H,1H3,(H,22,23)/t18-/m1/s1. The summed E-state index contributed by atoms with van der Waals surface area (Å²) in [6.07, 6.45) is -1.10. The van der Waals surface area contributed by atoms with Crippen molar-refractivity contribution >= 4 is 33.5 Å². The zero-order valence-corrected chi connectivity index (χ0v) is 15.5. The van der Waals surface area contributed by atoms with Crippen molar-refractivity contribution < 1.29 is 18.7 Å². The van der Waals surface area contributed by atoms with E-state index in [9.17, 15) is 9.59 Å². The van der Waals surface area contributed by atoms with Crippen LogP contribution in [0.25, 0.3) is 0 Å². The van der Waals surface area contributed by atoms with Gasteiger partial charge in [-0.2, -0.15) is 0 Å². The second kappa shape index (κ2) is 8.01. The second-order valence-corrected chi connectivity index (χ2v) is 6.44. The molecule has 6 heteroatoms. The molecule has 0 unspecified atom stereocenters. The highest BCUT2D eigenvalue weighted by Crippen LogP contribution is 2.23. The molecule has 0 saturated heterocycles. The highest BCUT2D eigenvalue weighted by Gasteiger charge is 2.27. The SMILES string of the molecule is Cc1ccc(NC(=O)[C@H](OC(=O)c2ccc(Br)o2)c2ccccc2)cc1. The lowest BCUT2D eigenvalue weighted by Crippen LogP contribution is -2.25. The van der Waals surface area contributed by atoms with Crippen LogP contribution in [-0.2, 0) is 9.53 Å². The topological polar surface area (TPSA) is 68.5 Å². The Morgan fingerprint density at radius 3 is 2.31 bits per heavy atom. The third-order valence-corrected chi connectivity index (χ3v) is 4.09. The van der Waals surface area contributed by atoms with Gasteiger partial charge in [-0.25, -0.2) is 4.79 Å². The average molecular weight is 414 g/mol. The minimum Gasteiger partial charge on any atom is -0.442 e. The number of carbonyl (C=O) groups excluding carboxylic acids is 2. The first-order valence-corrected chi connectivity index (χ1v) is 8.71. The van der Waals surface area contributed by atoms with E-state index >= 15 is 0 Å². The predicted octanol–water partition coefficient (Wildman–Crippen LogP) is 4.89. The molecule has 2 aromatic carbocycles. The van der Waals surface area contributed by atoms with Crippen molar-refractivity contribution in [1.82, 2.24) is 0 Å². The molecule has 0 saturated carbocycles. The Balaban J connectivity index is 1.82. The van der Waals surface area contributed by atoms with Crippen LogP contribution in [0.15, 0.2) is 75.8 Å². The molecule has 0 spiro atoms. The zero-order valence-electron chi connectivity index (χ0n) is 13.9. The molecule has 0 aliphatic rings. The minimum atomic E-state index is -1.10. The maximum Gasteiger partial charge on any atom is 0.375 e. The average Bonchev–Trinajstić information content (AvgIpc) is 3.08. The summed E-state index contributed by atoms with van der Waals surface area (Å²) in [5.74, 6) is -1.15. The van der Waals surface area contributed by atoms with Gasteiger partial charge in [-0.3, -0.25) is 4.79 Å². The Morgan fingerprint density at radius 1 is 1.00 bits per heavy atom. The molecule has 1 amide bonds. The molecule has 3 aromatic rings. The summed E-state index contributed by atoms with van der Waals surface area (Å²) in [6.45, 7) is 1.96. The van der Waals surface area contributed by atoms with Gasteiger partial charge in [0.15, 0.2) is 4.67 Å². The van der Waals surface area contributed by atoms with Crippen LogP contribution in [0.4, 0.5) is 5.69 Å². The van der Waals surface area contributed by atoms with E-state index in [0.29, 0.717) is 15.9 Å². The summed E-state index contributed by atoms with van der Waals surface area (Å²) in [6, 6.07) is 19.3. The van der Waals surface area contributed by atoms with Crippen molar-refractivity contribution in [3.63, 3.8) is 0 Å². The molecule has 0 aliphatic carbocycles. The van der Waals surface area contributed by atoms with Crippen LogP contribution in [0.5, 0.6) is 0 Å². The highest BCUT2D eigenvalue weighted by atomic mass is 79.9. The molecule has 1 aromatic heterocycles. The zero-order chi connectivity index (χ0) is 18.5. The van der Waals surface area contributed by atoms with Gasteiger partial charge in [0.2, 0.25) is 11.9 Å². The highest BCUT2D eigenvalue weighted by molar-refractivity contribution is 9.10. The van der Waals surface area contributed by atoms with E-state index in [1.807, 2.05) is 25.1 Å². The molecule has 0 radical (unpaired) electrons. The number of hydrogen-bond acceptors (Lipinski definition) is 4. The molecule has 3 rings (SSSR count). The second-order valence-electron chi connectivity index (χ2n) is 5.66. The number of esters is 1. The molecule has 5 nitrogen and oxygen atoms in total. The Bertz CT molecular complexity index is 903. The van der Waals surface area contributed by atoms with Crippen molar-refractivity contribution in [1.29, 1.82) is 0 Å². The van der Waals surface area contributed by atoms with Crippen LogP contribution in [0.2, 0.25) is 0 Å². The van der Waals surface area contributed by atoms with Crippen LogP contribution in [0.3, 0.4) is 0 Å². The summed E-state index contributed by atoms with van der Waals surface area (Å²) >= 11 is 3.14. The monoisotopic (exact) mass is 413 g/mol. The van der Waals surface area contributed by atoms with Crippen LogP contribution in [0, 0.1) is 6.92 Å². The first kappa shape index (κ1) is 17.9. The number of furan rings is 1. The van der Waals surface area contributed by atoms with E-state index in [1.54, 1.807) is 42.5 Å². The molecule has 0 bridgehead atoms. The third kappa shape index (κ3) is 4.40. The summed E-state index contributed by atoms with van der Waals surface area (Å²) in [4.78, 5) is 25.1. The van der Waals surface area contributed by atoms with E-state index in [-0.39, 0.29) is 5.76 Å². The number of halogens is 1. The van der Waals surface area contributed by atoms with Crippen LogP contribution >= 0.6 is 15.9 Å². The summed E-state index contributed by atoms with van der Waals surface area (Å²) in [7, 11) is 0. The van der Waals surface area contributed by atoms with Crippen molar-refractivity contribution in [3.8, 4) is 0 Å². The van der Waals surface area contributed by atoms with E-state index in [2.05, 4.69) is 21.2 Å². The summed E-state index contributed by atoms with van der Waals surface area (Å²) < 4.78 is 11.0. The number of anilines is 1. The van der Waals surface area contributed by atoms with Gasteiger partial charge in [0.1, 0.15) is 0 Å². The Hall–Kier alpha value is -2.86. The van der Waals surface area contributed by atoms with E-state index in [4.69, 9.17) is 9.15 Å². The van der Waals surface area contributed by atoms with Crippen molar-refractivity contribution in [2.75, 3.05) is 5.32 Å². The van der Waals surface area contributed by atoms with Gasteiger partial charge in [0.25, 0.3) is 5.91 Å². The Morgan fingerprint density at radius 2 is 1.69 bits per heavy atom. The lowest BCUT2D eigenvalue weighted by atomic mass is 10.1. The molecule has 26 heavy (non-hydrogen) atoms. The number of rotatable bonds is 5. The first-order chi connectivity index (χ1) is 12.5. The molecule has 132 valence electrons. The minimum absolute atomic E-state index is 0.0148. The molecule has 1 atom stereocenters. The molecule has 0 aliphatic heterocycles. The maximum atomic E-state index is 12.7. The van der Waals surface area contributed by atoms with Gasteiger partial charge in [-0.15, -0.1) is 0 Å². The van der Waals surface area contributed by atoms with Gasteiger partial charge in [-0.1, -0.05) is 48.0 Å². The molecular formula is C20H16BrNO4.